The molecular weight excluding hydrogens is 1480 g/mol. The summed E-state index contributed by atoms with van der Waals surface area (Å²) in [7, 11) is 2.14. The van der Waals surface area contributed by atoms with Crippen molar-refractivity contribution >= 4 is 98.6 Å². The van der Waals surface area contributed by atoms with Gasteiger partial charge in [-0.15, -0.1) is 0 Å². The van der Waals surface area contributed by atoms with Crippen LogP contribution < -0.4 is 70.0 Å². The number of aromatic nitrogens is 2. The number of aliphatic hydroxyl groups is 1. The fourth-order valence-electron chi connectivity index (χ4n) is 15.6. The number of unbranched alkanes of at least 4 members (excludes halogenated alkanes) is 1. The molecule has 8 aromatic rings. The molecule has 2 saturated heterocycles. The summed E-state index contributed by atoms with van der Waals surface area (Å²) in [5.74, 6) is -7.76. The molecule has 3 aliphatic rings. The van der Waals surface area contributed by atoms with E-state index in [0.29, 0.717) is 57.8 Å². The molecule has 115 heavy (non-hydrogen) atoms. The number of para-hydroxylation sites is 1. The van der Waals surface area contributed by atoms with Crippen LogP contribution in [0.25, 0.3) is 21.8 Å². The second kappa shape index (κ2) is 40.9. The van der Waals surface area contributed by atoms with Crippen LogP contribution in [0, 0.1) is 11.3 Å². The third-order valence-electron chi connectivity index (χ3n) is 21.5. The van der Waals surface area contributed by atoms with E-state index < -0.39 is 133 Å². The summed E-state index contributed by atoms with van der Waals surface area (Å²) in [6.07, 6.45) is 3.44. The van der Waals surface area contributed by atoms with Crippen LogP contribution in [0.3, 0.4) is 0 Å². The van der Waals surface area contributed by atoms with Crippen molar-refractivity contribution in [2.75, 3.05) is 44.7 Å². The van der Waals surface area contributed by atoms with Gasteiger partial charge in [0.05, 0.1) is 11.9 Å². The maximum atomic E-state index is 15.5. The Hall–Kier alpha value is -11.6. The smallest absolute Gasteiger partial charge is 0.245 e. The molecular formula is C85H105N17O12S. The van der Waals surface area contributed by atoms with Gasteiger partial charge in [0.25, 0.3) is 0 Å². The fourth-order valence-corrected chi connectivity index (χ4v) is 16.5. The minimum absolute atomic E-state index is 0.0338. The van der Waals surface area contributed by atoms with Gasteiger partial charge in [-0.25, -0.2) is 0 Å². The van der Waals surface area contributed by atoms with Gasteiger partial charge in [-0.2, -0.15) is 11.8 Å². The number of aliphatic hydroxyl groups excluding tert-OH is 1. The fraction of sp³-hybridized carbons (Fsp3) is 0.400. The molecule has 10 amide bonds. The van der Waals surface area contributed by atoms with Gasteiger partial charge in [0, 0.05) is 97.9 Å². The Morgan fingerprint density at radius 3 is 1.76 bits per heavy atom. The van der Waals surface area contributed by atoms with Crippen LogP contribution in [-0.2, 0) is 86.5 Å². The van der Waals surface area contributed by atoms with Crippen LogP contribution >= 0.6 is 11.8 Å². The lowest BCUT2D eigenvalue weighted by Gasteiger charge is -2.45. The molecule has 2 fully saturated rings. The number of phenolic OH excluding ortho intramolecular Hbond substituents is 1. The Balaban J connectivity index is 0.927. The maximum absolute atomic E-state index is 15.5. The third kappa shape index (κ3) is 23.5. The molecule has 20 N–H and O–H groups in total. The highest BCUT2D eigenvalue weighted by Crippen LogP contribution is 2.45. The van der Waals surface area contributed by atoms with E-state index in [2.05, 4.69) is 105 Å². The first kappa shape index (κ1) is 84.3. The van der Waals surface area contributed by atoms with Crippen LogP contribution in [0.15, 0.2) is 170 Å². The van der Waals surface area contributed by atoms with Gasteiger partial charge in [-0.1, -0.05) is 133 Å². The first-order valence-corrected chi connectivity index (χ1v) is 40.5. The number of hydrogen-bond donors (Lipinski definition) is 18. The van der Waals surface area contributed by atoms with Crippen LogP contribution in [0.2, 0.25) is 0 Å². The zero-order valence-corrected chi connectivity index (χ0v) is 65.4. The van der Waals surface area contributed by atoms with Crippen molar-refractivity contribution in [3.63, 3.8) is 0 Å². The number of likely N-dealkylation sites (tertiary alicyclic amines) is 1. The highest BCUT2D eigenvalue weighted by Gasteiger charge is 2.41. The molecule has 0 unspecified atom stereocenters. The number of rotatable bonds is 26. The van der Waals surface area contributed by atoms with Crippen molar-refractivity contribution < 1.29 is 58.2 Å². The Morgan fingerprint density at radius 2 is 1.14 bits per heavy atom. The largest absolute Gasteiger partial charge is 0.508 e. The van der Waals surface area contributed by atoms with Crippen molar-refractivity contribution in [1.82, 2.24) is 73.4 Å². The molecule has 30 heteroatoms. The predicted molar refractivity (Wildman–Crippen MR) is 440 cm³/mol. The number of hydrogen-bond acceptors (Lipinski definition) is 16. The molecule has 13 atom stereocenters. The Bertz CT molecular complexity index is 4680. The number of carbonyl (C=O) groups excluding carboxylic acids is 10. The Kier molecular flexibility index (Phi) is 30.0. The van der Waals surface area contributed by atoms with E-state index in [4.69, 9.17) is 16.9 Å². The number of amides is 10. The van der Waals surface area contributed by atoms with E-state index in [-0.39, 0.29) is 93.8 Å². The standard InChI is InChI=1S/C85H105N17O12S/c1-50(103)75-84(114)100-67(39-51-18-6-3-7-19-51)76(106)89-37-34-66(96-80(110)68(42-54-30-32-58(104)33-31-54)93-73(105)49-115-48-55-38-61-60-25-16-28-63-74(60)57(46-92-63)44-72(61)102(2)47-55)78(108)94-65(29-17-36-90-85(87)88)77(107)97-69(40-52-20-8-4-9-21-52)81(111)98-70(41-53-22-10-5-11-23-53)82(112)99-71(43-56-45-91-62-26-13-12-24-59(56)62)83(113)95-64(79(109)101-75)27-14-15-35-86/h3-13,16,18-26,28,30-33,45-46,50,55,61,64-72,75,91-92,103-104H,14-15,17,27,29,34-44,47-49,86H2,1-2H3,(H,89,106)(H,93,105)(H,94,108)(H,95,113)(H,96,110)(H,97,107)(H,98,111)(H,99,112)(H,100,114)(H,101,109)(H4,87,88,90)/t50-,55-,61-,64+,65+,66-,67+,68+,69+,70+,71-,72-,75+/m1/s1. The minimum Gasteiger partial charge on any atom is -0.508 e. The molecule has 1 aliphatic carbocycles. The first-order valence-electron chi connectivity index (χ1n) is 39.3. The molecule has 29 nitrogen and oxygen atoms in total. The summed E-state index contributed by atoms with van der Waals surface area (Å²) >= 11 is 1.44. The number of nitrogens with zero attached hydrogens (tertiary/aromatic N) is 1. The Morgan fingerprint density at radius 1 is 0.600 bits per heavy atom. The molecule has 6 aromatic carbocycles. The number of fused-ring (bicyclic) bond motifs is 3. The number of guanidine groups is 1. The predicted octanol–water partition coefficient (Wildman–Crippen LogP) is 2.92. The minimum atomic E-state index is -1.75. The lowest BCUT2D eigenvalue weighted by molar-refractivity contribution is -0.137. The molecule has 0 spiro atoms. The summed E-state index contributed by atoms with van der Waals surface area (Å²) in [5, 5.41) is 62.5. The molecule has 2 aliphatic heterocycles. The number of piperidine rings is 1. The third-order valence-corrected chi connectivity index (χ3v) is 22.7. The number of benzene rings is 6. The average Bonchev–Trinajstić information content (AvgIpc) is 1.66. The molecule has 0 radical (unpaired) electrons. The summed E-state index contributed by atoms with van der Waals surface area (Å²) in [5.41, 5.74) is 19.0. The molecule has 0 saturated carbocycles. The van der Waals surface area contributed by atoms with Gasteiger partial charge >= 0.3 is 0 Å². The second-order valence-corrected chi connectivity index (χ2v) is 31.2. The van der Waals surface area contributed by atoms with E-state index in [9.17, 15) is 29.4 Å². The Labute approximate surface area is 671 Å². The quantitative estimate of drug-likeness (QED) is 0.0210. The lowest BCUT2D eigenvalue weighted by atomic mass is 9.73. The average molecular weight is 1590 g/mol. The number of thioether (sulfide) groups is 1. The van der Waals surface area contributed by atoms with Crippen LogP contribution in [0.5, 0.6) is 5.75 Å². The zero-order valence-electron chi connectivity index (χ0n) is 64.6. The number of likely N-dealkylation sites (N-methyl/N-ethyl adjacent to an activating group) is 1. The summed E-state index contributed by atoms with van der Waals surface area (Å²) < 4.78 is 0. The molecule has 0 bridgehead atoms. The van der Waals surface area contributed by atoms with Crippen LogP contribution in [0.1, 0.15) is 96.7 Å². The van der Waals surface area contributed by atoms with Gasteiger partial charge in [0.15, 0.2) is 5.96 Å². The van der Waals surface area contributed by atoms with Gasteiger partial charge < -0.3 is 95.0 Å². The van der Waals surface area contributed by atoms with Crippen molar-refractivity contribution in [3.05, 3.63) is 209 Å². The van der Waals surface area contributed by atoms with Gasteiger partial charge in [-0.05, 0) is 147 Å². The van der Waals surface area contributed by atoms with Gasteiger partial charge in [-0.3, -0.25) is 53.4 Å². The van der Waals surface area contributed by atoms with Gasteiger partial charge in [0.2, 0.25) is 59.1 Å². The SMILES string of the molecule is C[C@@H](O)[C@@H]1NC(=O)[C@H](CCCCN)NC(=O)[C@@H](Cc2c[nH]c3ccccc23)NC(=O)[C@H](Cc2ccccc2)NC(=O)[C@H](Cc2ccccc2)NC(=O)[C@H](CCCNC(=N)N)NC(=O)[C@H](NC(=O)[C@H](Cc2ccc(O)cc2)NC(=O)CSC[C@@H]2C[C@@H]3c4cccc5[nH]cc(c45)C[C@H]3N(C)C2)CCNC(=O)[C@H](Cc2ccccc2)NC1=O. The summed E-state index contributed by atoms with van der Waals surface area (Å²) in [6.45, 7) is 1.93. The first-order chi connectivity index (χ1) is 55.5. The van der Waals surface area contributed by atoms with Crippen molar-refractivity contribution in [3.8, 4) is 5.75 Å². The topological polar surface area (TPSA) is 454 Å². The number of phenols is 1. The van der Waals surface area contributed by atoms with E-state index in [0.717, 1.165) is 30.4 Å². The molecule has 2 aromatic heterocycles. The number of aromatic hydroxyl groups is 1. The van der Waals surface area contributed by atoms with E-state index in [1.165, 1.54) is 47.3 Å². The zero-order chi connectivity index (χ0) is 81.5. The number of nitrogens with two attached hydrogens (primary N) is 2. The van der Waals surface area contributed by atoms with E-state index in [1.807, 2.05) is 24.3 Å². The summed E-state index contributed by atoms with van der Waals surface area (Å²) in [6, 6.07) is 32.5. The van der Waals surface area contributed by atoms with Crippen LogP contribution in [-0.4, -0.2) is 201 Å². The van der Waals surface area contributed by atoms with Gasteiger partial charge in [0.1, 0.15) is 60.1 Å². The number of carbonyl (C=O) groups is 10. The monoisotopic (exact) mass is 1590 g/mol. The van der Waals surface area contributed by atoms with Crippen molar-refractivity contribution in [2.24, 2.45) is 17.4 Å². The normalized spacial score (nSPS) is 22.9. The van der Waals surface area contributed by atoms with Crippen molar-refractivity contribution in [2.45, 2.75) is 163 Å². The number of aromatic amines is 2. The number of nitrogens with one attached hydrogen (secondary N) is 14. The maximum Gasteiger partial charge on any atom is 0.245 e. The van der Waals surface area contributed by atoms with Crippen molar-refractivity contribution in [1.29, 1.82) is 5.41 Å². The lowest BCUT2D eigenvalue weighted by Crippen LogP contribution is -2.62. The van der Waals surface area contributed by atoms with Crippen LogP contribution in [0.4, 0.5) is 0 Å². The summed E-state index contributed by atoms with van der Waals surface area (Å²) in [4.78, 5) is 160. The second-order valence-electron chi connectivity index (χ2n) is 30.1. The number of H-pyrrole nitrogens is 2. The molecule has 4 heterocycles. The molecule has 608 valence electrons. The molecule has 11 rings (SSSR count). The van der Waals surface area contributed by atoms with E-state index >= 15 is 28.8 Å². The highest BCUT2D eigenvalue weighted by atomic mass is 32.2. The highest BCUT2D eigenvalue weighted by molar-refractivity contribution is 7.99. The van der Waals surface area contributed by atoms with E-state index in [1.54, 1.807) is 109 Å².